The molecule has 0 aliphatic heterocycles. The Morgan fingerprint density at radius 2 is 2.07 bits per heavy atom. The molecule has 0 spiro atoms. The molecule has 0 atom stereocenters. The first-order chi connectivity index (χ1) is 13.5. The standard InChI is InChI=1S/C21H19BrClFN2O2/c1-2-26(13-14-11-15(22)7-8-18(14)24)21(27)10-9-20-25-12-19(28-20)16-5-3-4-6-17(16)23/h3-8,11-12H,2,9-10,13H2,1H3. The summed E-state index contributed by atoms with van der Waals surface area (Å²) in [5.41, 5.74) is 1.23. The lowest BCUT2D eigenvalue weighted by Gasteiger charge is -2.21. The summed E-state index contributed by atoms with van der Waals surface area (Å²) in [6, 6.07) is 12.1. The van der Waals surface area contributed by atoms with Gasteiger partial charge >= 0.3 is 0 Å². The molecule has 1 heterocycles. The fraction of sp³-hybridized carbons (Fsp3) is 0.238. The number of oxazole rings is 1. The predicted molar refractivity (Wildman–Crippen MR) is 110 cm³/mol. The summed E-state index contributed by atoms with van der Waals surface area (Å²) in [5, 5.41) is 0.578. The van der Waals surface area contributed by atoms with Crippen molar-refractivity contribution in [3.8, 4) is 11.3 Å². The van der Waals surface area contributed by atoms with Crippen molar-refractivity contribution in [2.24, 2.45) is 0 Å². The summed E-state index contributed by atoms with van der Waals surface area (Å²) in [7, 11) is 0. The second kappa shape index (κ2) is 9.34. The molecule has 1 aromatic heterocycles. The van der Waals surface area contributed by atoms with Crippen LogP contribution in [-0.4, -0.2) is 22.3 Å². The van der Waals surface area contributed by atoms with E-state index < -0.39 is 0 Å². The normalized spacial score (nSPS) is 10.9. The van der Waals surface area contributed by atoms with Gasteiger partial charge in [0.15, 0.2) is 11.7 Å². The zero-order valence-electron chi connectivity index (χ0n) is 15.3. The van der Waals surface area contributed by atoms with E-state index in [-0.39, 0.29) is 24.7 Å². The van der Waals surface area contributed by atoms with Gasteiger partial charge in [0.05, 0.1) is 11.2 Å². The van der Waals surface area contributed by atoms with E-state index in [1.54, 1.807) is 29.3 Å². The van der Waals surface area contributed by atoms with Crippen LogP contribution < -0.4 is 0 Å². The third-order valence-corrected chi connectivity index (χ3v) is 5.17. The van der Waals surface area contributed by atoms with Gasteiger partial charge in [-0.15, -0.1) is 0 Å². The molecule has 7 heteroatoms. The first-order valence-electron chi connectivity index (χ1n) is 8.89. The zero-order chi connectivity index (χ0) is 20.1. The third-order valence-electron chi connectivity index (χ3n) is 4.35. The molecule has 0 fully saturated rings. The number of hydrogen-bond donors (Lipinski definition) is 0. The molecule has 0 saturated heterocycles. The van der Waals surface area contributed by atoms with E-state index in [1.165, 1.54) is 6.07 Å². The number of nitrogens with zero attached hydrogens (tertiary/aromatic N) is 2. The Morgan fingerprint density at radius 3 is 2.82 bits per heavy atom. The SMILES string of the molecule is CCN(Cc1cc(Br)ccc1F)C(=O)CCc1ncc(-c2ccccc2Cl)o1. The van der Waals surface area contributed by atoms with E-state index >= 15 is 0 Å². The van der Waals surface area contributed by atoms with Gasteiger partial charge in [0.2, 0.25) is 5.91 Å². The highest BCUT2D eigenvalue weighted by atomic mass is 79.9. The quantitative estimate of drug-likeness (QED) is 0.438. The lowest BCUT2D eigenvalue weighted by molar-refractivity contribution is -0.131. The van der Waals surface area contributed by atoms with Crippen molar-refractivity contribution in [2.45, 2.75) is 26.3 Å². The van der Waals surface area contributed by atoms with Gasteiger partial charge in [-0.1, -0.05) is 39.7 Å². The monoisotopic (exact) mass is 464 g/mol. The number of amides is 1. The number of carbonyl (C=O) groups is 1. The molecule has 0 aliphatic carbocycles. The van der Waals surface area contributed by atoms with E-state index in [4.69, 9.17) is 16.0 Å². The summed E-state index contributed by atoms with van der Waals surface area (Å²) in [6.45, 7) is 2.58. The van der Waals surface area contributed by atoms with Crippen LogP contribution in [0.3, 0.4) is 0 Å². The van der Waals surface area contributed by atoms with E-state index in [0.717, 1.165) is 10.0 Å². The summed E-state index contributed by atoms with van der Waals surface area (Å²) in [4.78, 5) is 18.4. The smallest absolute Gasteiger partial charge is 0.223 e. The van der Waals surface area contributed by atoms with Crippen LogP contribution in [0.5, 0.6) is 0 Å². The van der Waals surface area contributed by atoms with Gasteiger partial charge in [-0.3, -0.25) is 4.79 Å². The van der Waals surface area contributed by atoms with E-state index in [9.17, 15) is 9.18 Å². The van der Waals surface area contributed by atoms with Crippen LogP contribution in [0.15, 0.2) is 57.6 Å². The molecule has 28 heavy (non-hydrogen) atoms. The molecule has 0 radical (unpaired) electrons. The van der Waals surface area contributed by atoms with Gasteiger partial charge < -0.3 is 9.32 Å². The Morgan fingerprint density at radius 1 is 1.29 bits per heavy atom. The van der Waals surface area contributed by atoms with Crippen LogP contribution in [0.2, 0.25) is 5.02 Å². The van der Waals surface area contributed by atoms with E-state index in [2.05, 4.69) is 20.9 Å². The first kappa shape index (κ1) is 20.6. The number of rotatable bonds is 7. The van der Waals surface area contributed by atoms with Crippen molar-refractivity contribution < 1.29 is 13.6 Å². The van der Waals surface area contributed by atoms with Crippen molar-refractivity contribution in [1.29, 1.82) is 0 Å². The lowest BCUT2D eigenvalue weighted by Crippen LogP contribution is -2.30. The molecule has 0 saturated carbocycles. The Balaban J connectivity index is 1.63. The third kappa shape index (κ3) is 5.00. The minimum atomic E-state index is -0.327. The summed E-state index contributed by atoms with van der Waals surface area (Å²) >= 11 is 9.51. The summed E-state index contributed by atoms with van der Waals surface area (Å²) < 4.78 is 20.5. The Kier molecular flexibility index (Phi) is 6.86. The number of aromatic nitrogens is 1. The minimum absolute atomic E-state index is 0.0839. The van der Waals surface area contributed by atoms with Gasteiger partial charge in [0.1, 0.15) is 5.82 Å². The van der Waals surface area contributed by atoms with Crippen molar-refractivity contribution in [1.82, 2.24) is 9.88 Å². The van der Waals surface area contributed by atoms with Gasteiger partial charge in [-0.05, 0) is 37.3 Å². The fourth-order valence-electron chi connectivity index (χ4n) is 2.83. The predicted octanol–water partition coefficient (Wildman–Crippen LogP) is 5.88. The maximum absolute atomic E-state index is 14.0. The van der Waals surface area contributed by atoms with Crippen LogP contribution >= 0.6 is 27.5 Å². The maximum Gasteiger partial charge on any atom is 0.223 e. The van der Waals surface area contributed by atoms with Crippen molar-refractivity contribution in [3.63, 3.8) is 0 Å². The molecule has 4 nitrogen and oxygen atoms in total. The molecule has 146 valence electrons. The molecule has 2 aromatic carbocycles. The number of benzene rings is 2. The highest BCUT2D eigenvalue weighted by molar-refractivity contribution is 9.10. The van der Waals surface area contributed by atoms with Crippen LogP contribution in [-0.2, 0) is 17.8 Å². The zero-order valence-corrected chi connectivity index (χ0v) is 17.6. The molecular weight excluding hydrogens is 447 g/mol. The van der Waals surface area contributed by atoms with E-state index in [1.807, 2.05) is 25.1 Å². The number of halogens is 3. The van der Waals surface area contributed by atoms with Crippen LogP contribution in [0, 0.1) is 5.82 Å². The van der Waals surface area contributed by atoms with Crippen LogP contribution in [0.25, 0.3) is 11.3 Å². The number of aryl methyl sites for hydroxylation is 1. The molecule has 0 N–H and O–H groups in total. The van der Waals surface area contributed by atoms with Gasteiger partial charge in [-0.2, -0.15) is 0 Å². The molecule has 0 aliphatic rings. The maximum atomic E-state index is 14.0. The van der Waals surface area contributed by atoms with Gasteiger partial charge in [0, 0.05) is 41.5 Å². The van der Waals surface area contributed by atoms with E-state index in [0.29, 0.717) is 35.2 Å². The Bertz CT molecular complexity index is 977. The fourth-order valence-corrected chi connectivity index (χ4v) is 3.47. The average molecular weight is 466 g/mol. The van der Waals surface area contributed by atoms with Gasteiger partial charge in [0.25, 0.3) is 0 Å². The topological polar surface area (TPSA) is 46.3 Å². The molecule has 3 aromatic rings. The molecular formula is C21H19BrClFN2O2. The largest absolute Gasteiger partial charge is 0.441 e. The molecule has 1 amide bonds. The number of carbonyl (C=O) groups excluding carboxylic acids is 1. The molecule has 3 rings (SSSR count). The van der Waals surface area contributed by atoms with Crippen molar-refractivity contribution in [3.05, 3.63) is 75.4 Å². The second-order valence-corrected chi connectivity index (χ2v) is 7.56. The van der Waals surface area contributed by atoms with Crippen molar-refractivity contribution >= 4 is 33.4 Å². The first-order valence-corrected chi connectivity index (χ1v) is 10.1. The highest BCUT2D eigenvalue weighted by Gasteiger charge is 2.16. The Labute approximate surface area is 176 Å². The summed E-state index contributed by atoms with van der Waals surface area (Å²) in [5.74, 6) is 0.621. The average Bonchev–Trinajstić information content (AvgIpc) is 3.16. The van der Waals surface area contributed by atoms with Crippen molar-refractivity contribution in [2.75, 3.05) is 6.54 Å². The lowest BCUT2D eigenvalue weighted by atomic mass is 10.2. The minimum Gasteiger partial charge on any atom is -0.441 e. The molecule has 0 bridgehead atoms. The second-order valence-electron chi connectivity index (χ2n) is 6.24. The summed E-state index contributed by atoms with van der Waals surface area (Å²) in [6.07, 6.45) is 2.20. The number of hydrogen-bond acceptors (Lipinski definition) is 3. The van der Waals surface area contributed by atoms with Crippen LogP contribution in [0.4, 0.5) is 4.39 Å². The Hall–Kier alpha value is -2.18. The highest BCUT2D eigenvalue weighted by Crippen LogP contribution is 2.28. The van der Waals surface area contributed by atoms with Crippen LogP contribution in [0.1, 0.15) is 24.8 Å². The molecule has 0 unspecified atom stereocenters. The van der Waals surface area contributed by atoms with Gasteiger partial charge in [-0.25, -0.2) is 9.37 Å².